The number of nitrogens with zero attached hydrogens (tertiary/aromatic N) is 5. The van der Waals surface area contributed by atoms with Crippen LogP contribution in [0.15, 0.2) is 28.1 Å². The van der Waals surface area contributed by atoms with Gasteiger partial charge < -0.3 is 18.8 Å². The van der Waals surface area contributed by atoms with Gasteiger partial charge in [-0.2, -0.15) is 10.2 Å². The quantitative estimate of drug-likeness (QED) is 0.554. The van der Waals surface area contributed by atoms with Crippen molar-refractivity contribution in [2.45, 2.75) is 51.3 Å². The van der Waals surface area contributed by atoms with E-state index in [0.717, 1.165) is 23.4 Å². The van der Waals surface area contributed by atoms with E-state index in [1.807, 2.05) is 43.2 Å². The molecule has 1 aromatic carbocycles. The second-order valence-corrected chi connectivity index (χ2v) is 10.1. The minimum Gasteiger partial charge on any atom is -0.476 e. The van der Waals surface area contributed by atoms with Crippen LogP contribution in [0.3, 0.4) is 0 Å². The van der Waals surface area contributed by atoms with Crippen LogP contribution < -0.4 is 9.64 Å². The molecule has 4 heterocycles. The molecule has 2 aromatic heterocycles. The highest BCUT2D eigenvalue weighted by Gasteiger charge is 2.45. The lowest BCUT2D eigenvalue weighted by atomic mass is 10.2. The number of nitriles is 1. The molecule has 2 aliphatic rings. The van der Waals surface area contributed by atoms with Gasteiger partial charge >= 0.3 is 6.09 Å². The third-order valence-electron chi connectivity index (χ3n) is 5.81. The highest BCUT2D eigenvalue weighted by Crippen LogP contribution is 2.40. The normalized spacial score (nSPS) is 20.2. The number of anilines is 1. The number of thiazole rings is 1. The summed E-state index contributed by atoms with van der Waals surface area (Å²) in [4.78, 5) is 25.9. The van der Waals surface area contributed by atoms with E-state index in [2.05, 4.69) is 9.88 Å². The molecule has 0 saturated carbocycles. The van der Waals surface area contributed by atoms with E-state index in [0.29, 0.717) is 36.0 Å². The highest BCUT2D eigenvalue weighted by atomic mass is 32.1. The Labute approximate surface area is 195 Å². The van der Waals surface area contributed by atoms with Gasteiger partial charge in [0.25, 0.3) is 6.01 Å². The average Bonchev–Trinajstić information content (AvgIpc) is 3.49. The fraction of sp³-hybridized carbons (Fsp3) is 0.478. The number of hydrogen-bond acceptors (Lipinski definition) is 9. The van der Waals surface area contributed by atoms with Gasteiger partial charge in [-0.1, -0.05) is 0 Å². The molecule has 10 heteroatoms. The second kappa shape index (κ2) is 8.23. The van der Waals surface area contributed by atoms with Gasteiger partial charge in [-0.25, -0.2) is 9.78 Å². The van der Waals surface area contributed by atoms with Crippen molar-refractivity contribution in [3.8, 4) is 22.4 Å². The number of amides is 1. The molecule has 0 spiro atoms. The molecule has 0 aliphatic carbocycles. The third-order valence-corrected chi connectivity index (χ3v) is 6.61. The molecule has 2 unspecified atom stereocenters. The summed E-state index contributed by atoms with van der Waals surface area (Å²) in [5.41, 5.74) is 1.45. The van der Waals surface area contributed by atoms with Crippen molar-refractivity contribution in [3.05, 3.63) is 23.7 Å². The standard InChI is InChI=1S/C23H25N5O4S/c1-23(2,3)32-22(29)28-14-4-5-15(28)13-27(12-14)21-26-18-17(30-10-8-24)7-6-16(19(18)31-21)20-25-9-11-33-20/h6-7,9,11,14-15H,4-5,10,12-13H2,1-3H3. The van der Waals surface area contributed by atoms with Gasteiger partial charge in [-0.3, -0.25) is 4.90 Å². The van der Waals surface area contributed by atoms with Gasteiger partial charge in [0.15, 0.2) is 23.5 Å². The van der Waals surface area contributed by atoms with Gasteiger partial charge in [0.05, 0.1) is 17.6 Å². The van der Waals surface area contributed by atoms with Gasteiger partial charge in [0.1, 0.15) is 16.7 Å². The first-order valence-corrected chi connectivity index (χ1v) is 11.8. The molecule has 1 amide bonds. The first-order valence-electron chi connectivity index (χ1n) is 10.9. The molecule has 2 bridgehead atoms. The summed E-state index contributed by atoms with van der Waals surface area (Å²) in [6.45, 7) is 6.80. The predicted octanol–water partition coefficient (Wildman–Crippen LogP) is 4.44. The van der Waals surface area contributed by atoms with Crippen molar-refractivity contribution in [1.29, 1.82) is 5.26 Å². The largest absolute Gasteiger partial charge is 0.476 e. The topological polar surface area (TPSA) is 105 Å². The number of ether oxygens (including phenoxy) is 2. The molecule has 2 atom stereocenters. The van der Waals surface area contributed by atoms with Crippen molar-refractivity contribution in [2.75, 3.05) is 24.6 Å². The lowest BCUT2D eigenvalue weighted by Gasteiger charge is -2.40. The predicted molar refractivity (Wildman–Crippen MR) is 123 cm³/mol. The Morgan fingerprint density at radius 1 is 1.30 bits per heavy atom. The number of aromatic nitrogens is 2. The van der Waals surface area contributed by atoms with Crippen LogP contribution in [0.25, 0.3) is 21.7 Å². The van der Waals surface area contributed by atoms with Crippen LogP contribution in [-0.2, 0) is 4.74 Å². The monoisotopic (exact) mass is 467 g/mol. The van der Waals surface area contributed by atoms with Crippen LogP contribution in [-0.4, -0.2) is 58.3 Å². The molecule has 3 aromatic rings. The SMILES string of the molecule is CC(C)(C)OC(=O)N1C2CCC1CN(c1nc3c(OCC#N)ccc(-c4nccs4)c3o1)C2. The third kappa shape index (κ3) is 4.09. The van der Waals surface area contributed by atoms with Crippen molar-refractivity contribution in [3.63, 3.8) is 0 Å². The number of fused-ring (bicyclic) bond motifs is 3. The lowest BCUT2D eigenvalue weighted by molar-refractivity contribution is 0.0120. The Hall–Kier alpha value is -3.32. The molecule has 2 fully saturated rings. The van der Waals surface area contributed by atoms with Crippen LogP contribution in [0.4, 0.5) is 10.8 Å². The summed E-state index contributed by atoms with van der Waals surface area (Å²) in [6, 6.07) is 6.24. The minimum absolute atomic E-state index is 0.0429. The molecule has 2 saturated heterocycles. The number of oxazole rings is 1. The van der Waals surface area contributed by atoms with Crippen LogP contribution in [0.1, 0.15) is 33.6 Å². The van der Waals surface area contributed by atoms with Crippen molar-refractivity contribution < 1.29 is 18.7 Å². The molecule has 0 N–H and O–H groups in total. The maximum absolute atomic E-state index is 12.8. The average molecular weight is 468 g/mol. The molecular formula is C23H25N5O4S. The Morgan fingerprint density at radius 2 is 2.06 bits per heavy atom. The van der Waals surface area contributed by atoms with E-state index < -0.39 is 5.60 Å². The summed E-state index contributed by atoms with van der Waals surface area (Å²) in [6.07, 6.45) is 3.32. The zero-order chi connectivity index (χ0) is 23.2. The van der Waals surface area contributed by atoms with Crippen LogP contribution in [0.5, 0.6) is 5.75 Å². The van der Waals surface area contributed by atoms with Crippen LogP contribution in [0, 0.1) is 11.3 Å². The number of carbonyl (C=O) groups excluding carboxylic acids is 1. The molecule has 0 radical (unpaired) electrons. The summed E-state index contributed by atoms with van der Waals surface area (Å²) in [7, 11) is 0. The number of carbonyl (C=O) groups is 1. The summed E-state index contributed by atoms with van der Waals surface area (Å²) < 4.78 is 17.5. The Kier molecular flexibility index (Phi) is 5.37. The summed E-state index contributed by atoms with van der Waals surface area (Å²) in [5.74, 6) is 0.497. The first-order chi connectivity index (χ1) is 15.8. The minimum atomic E-state index is -0.528. The smallest absolute Gasteiger partial charge is 0.410 e. The van der Waals surface area contributed by atoms with Crippen molar-refractivity contribution in [1.82, 2.24) is 14.9 Å². The number of rotatable bonds is 4. The number of benzene rings is 1. The van der Waals surface area contributed by atoms with Gasteiger partial charge in [-0.05, 0) is 45.7 Å². The van der Waals surface area contributed by atoms with E-state index in [-0.39, 0.29) is 24.8 Å². The lowest BCUT2D eigenvalue weighted by Crippen LogP contribution is -2.56. The number of hydrogen-bond donors (Lipinski definition) is 0. The summed E-state index contributed by atoms with van der Waals surface area (Å²) in [5, 5.41) is 11.7. The Balaban J connectivity index is 1.46. The van der Waals surface area contributed by atoms with E-state index in [9.17, 15) is 4.79 Å². The molecular weight excluding hydrogens is 442 g/mol. The van der Waals surface area contributed by atoms with Crippen molar-refractivity contribution in [2.24, 2.45) is 0 Å². The molecule has 9 nitrogen and oxygen atoms in total. The second-order valence-electron chi connectivity index (χ2n) is 9.25. The fourth-order valence-electron chi connectivity index (χ4n) is 4.53. The molecule has 172 valence electrons. The highest BCUT2D eigenvalue weighted by molar-refractivity contribution is 7.13. The van der Waals surface area contributed by atoms with E-state index in [1.54, 1.807) is 12.3 Å². The molecule has 33 heavy (non-hydrogen) atoms. The molecule has 2 aliphatic heterocycles. The zero-order valence-electron chi connectivity index (χ0n) is 18.8. The maximum atomic E-state index is 12.8. The van der Waals surface area contributed by atoms with Gasteiger partial charge in [-0.15, -0.1) is 11.3 Å². The summed E-state index contributed by atoms with van der Waals surface area (Å²) >= 11 is 1.51. The van der Waals surface area contributed by atoms with E-state index >= 15 is 0 Å². The molecule has 5 rings (SSSR count). The van der Waals surface area contributed by atoms with E-state index in [4.69, 9.17) is 24.1 Å². The first kappa shape index (κ1) is 21.5. The van der Waals surface area contributed by atoms with E-state index in [1.165, 1.54) is 11.3 Å². The van der Waals surface area contributed by atoms with Crippen molar-refractivity contribution >= 4 is 34.5 Å². The Bertz CT molecular complexity index is 1200. The fourth-order valence-corrected chi connectivity index (χ4v) is 5.19. The number of piperazine rings is 1. The van der Waals surface area contributed by atoms with Gasteiger partial charge in [0, 0.05) is 24.7 Å². The Morgan fingerprint density at radius 3 is 2.70 bits per heavy atom. The maximum Gasteiger partial charge on any atom is 0.410 e. The van der Waals surface area contributed by atoms with Gasteiger partial charge in [0.2, 0.25) is 0 Å². The zero-order valence-corrected chi connectivity index (χ0v) is 19.6. The van der Waals surface area contributed by atoms with Crippen LogP contribution in [0.2, 0.25) is 0 Å². The van der Waals surface area contributed by atoms with Crippen LogP contribution >= 0.6 is 11.3 Å².